The molecule has 0 heterocycles. The number of nitro groups is 1. The van der Waals surface area contributed by atoms with Gasteiger partial charge in [-0.15, -0.1) is 6.58 Å². The summed E-state index contributed by atoms with van der Waals surface area (Å²) in [7, 11) is 0. The zero-order valence-electron chi connectivity index (χ0n) is 9.89. The molecule has 0 bridgehead atoms. The number of nitrogens with one attached hydrogen (secondary N) is 1. The first-order chi connectivity index (χ1) is 8.63. The summed E-state index contributed by atoms with van der Waals surface area (Å²) in [4.78, 5) is 9.90. The van der Waals surface area contributed by atoms with Crippen LogP contribution in [0.5, 0.6) is 0 Å². The molecule has 0 radical (unpaired) electrons. The van der Waals surface area contributed by atoms with Crippen molar-refractivity contribution in [2.75, 3.05) is 25.1 Å². The van der Waals surface area contributed by atoms with Crippen molar-refractivity contribution in [3.05, 3.63) is 46.8 Å². The summed E-state index contributed by atoms with van der Waals surface area (Å²) in [5.74, 6) is -0.640. The molecule has 98 valence electrons. The number of non-ortho nitro benzene ring substituents is 1. The number of hydrogen-bond acceptors (Lipinski definition) is 4. The lowest BCUT2D eigenvalue weighted by molar-refractivity contribution is -0.385. The molecule has 0 amide bonds. The quantitative estimate of drug-likeness (QED) is 0.335. The number of rotatable bonds is 8. The Bertz CT molecular complexity index is 424. The van der Waals surface area contributed by atoms with Gasteiger partial charge in [-0.3, -0.25) is 10.1 Å². The van der Waals surface area contributed by atoms with Gasteiger partial charge in [-0.05, 0) is 12.5 Å². The zero-order chi connectivity index (χ0) is 13.4. The molecule has 0 aliphatic heterocycles. The van der Waals surface area contributed by atoms with Gasteiger partial charge in [0.05, 0.1) is 24.2 Å². The van der Waals surface area contributed by atoms with Crippen LogP contribution in [0.4, 0.5) is 15.8 Å². The van der Waals surface area contributed by atoms with Gasteiger partial charge in [0.15, 0.2) is 0 Å². The summed E-state index contributed by atoms with van der Waals surface area (Å²) >= 11 is 0. The number of ether oxygens (including phenoxy) is 1. The van der Waals surface area contributed by atoms with Crippen molar-refractivity contribution in [1.82, 2.24) is 0 Å². The van der Waals surface area contributed by atoms with E-state index in [9.17, 15) is 14.5 Å². The SMILES string of the molecule is C=CCCOCCNc1cc(F)cc([N+](=O)[O-])c1. The molecule has 0 aromatic heterocycles. The summed E-state index contributed by atoms with van der Waals surface area (Å²) in [5, 5.41) is 13.4. The number of nitro benzene ring substituents is 1. The molecule has 18 heavy (non-hydrogen) atoms. The van der Waals surface area contributed by atoms with E-state index in [1.807, 2.05) is 0 Å². The highest BCUT2D eigenvalue weighted by atomic mass is 19.1. The van der Waals surface area contributed by atoms with Crippen LogP contribution in [0.2, 0.25) is 0 Å². The molecule has 0 spiro atoms. The summed E-state index contributed by atoms with van der Waals surface area (Å²) < 4.78 is 18.3. The average molecular weight is 254 g/mol. The lowest BCUT2D eigenvalue weighted by atomic mass is 10.2. The molecular formula is C12H15FN2O3. The maximum Gasteiger partial charge on any atom is 0.274 e. The molecule has 6 heteroatoms. The van der Waals surface area contributed by atoms with Crippen LogP contribution in [0, 0.1) is 15.9 Å². The van der Waals surface area contributed by atoms with Crippen LogP contribution in [-0.2, 0) is 4.74 Å². The van der Waals surface area contributed by atoms with Crippen molar-refractivity contribution < 1.29 is 14.1 Å². The van der Waals surface area contributed by atoms with Crippen LogP contribution in [0.25, 0.3) is 0 Å². The second-order valence-electron chi connectivity index (χ2n) is 3.57. The van der Waals surface area contributed by atoms with Crippen molar-refractivity contribution >= 4 is 11.4 Å². The Kier molecular flexibility index (Phi) is 5.79. The predicted octanol–water partition coefficient (Wildman–Crippen LogP) is 2.74. The number of benzene rings is 1. The van der Waals surface area contributed by atoms with Gasteiger partial charge in [-0.25, -0.2) is 4.39 Å². The molecule has 0 fully saturated rings. The number of anilines is 1. The lowest BCUT2D eigenvalue weighted by Gasteiger charge is -2.07. The number of nitrogens with zero attached hydrogens (tertiary/aromatic N) is 1. The van der Waals surface area contributed by atoms with Gasteiger partial charge in [0.25, 0.3) is 5.69 Å². The largest absolute Gasteiger partial charge is 0.382 e. The van der Waals surface area contributed by atoms with Crippen molar-refractivity contribution in [1.29, 1.82) is 0 Å². The topological polar surface area (TPSA) is 64.4 Å². The molecule has 1 aromatic rings. The van der Waals surface area contributed by atoms with Crippen LogP contribution < -0.4 is 5.32 Å². The van der Waals surface area contributed by atoms with Crippen LogP contribution in [0.15, 0.2) is 30.9 Å². The Morgan fingerprint density at radius 1 is 1.44 bits per heavy atom. The summed E-state index contributed by atoms with van der Waals surface area (Å²) in [5.41, 5.74) is 0.0964. The fourth-order valence-corrected chi connectivity index (χ4v) is 1.32. The molecule has 1 N–H and O–H groups in total. The van der Waals surface area contributed by atoms with Gasteiger partial charge in [-0.2, -0.15) is 0 Å². The van der Waals surface area contributed by atoms with E-state index in [0.29, 0.717) is 25.4 Å². The van der Waals surface area contributed by atoms with Crippen LogP contribution >= 0.6 is 0 Å². The maximum absolute atomic E-state index is 13.1. The number of halogens is 1. The molecule has 5 nitrogen and oxygen atoms in total. The first-order valence-corrected chi connectivity index (χ1v) is 5.51. The van der Waals surface area contributed by atoms with Gasteiger partial charge in [-0.1, -0.05) is 6.08 Å². The van der Waals surface area contributed by atoms with Gasteiger partial charge in [0, 0.05) is 18.3 Å². The third-order valence-electron chi connectivity index (χ3n) is 2.14. The van der Waals surface area contributed by atoms with Crippen molar-refractivity contribution in [3.63, 3.8) is 0 Å². The second-order valence-corrected chi connectivity index (χ2v) is 3.57. The minimum Gasteiger partial charge on any atom is -0.382 e. The van der Waals surface area contributed by atoms with Crippen molar-refractivity contribution in [3.8, 4) is 0 Å². The minimum atomic E-state index is -0.640. The van der Waals surface area contributed by atoms with Crippen LogP contribution in [0.3, 0.4) is 0 Å². The second kappa shape index (κ2) is 7.39. The highest BCUT2D eigenvalue weighted by molar-refractivity contribution is 5.51. The monoisotopic (exact) mass is 254 g/mol. The third kappa shape index (κ3) is 4.92. The Labute approximate surface area is 104 Å². The van der Waals surface area contributed by atoms with E-state index >= 15 is 0 Å². The van der Waals surface area contributed by atoms with E-state index in [-0.39, 0.29) is 5.69 Å². The van der Waals surface area contributed by atoms with E-state index in [4.69, 9.17) is 4.74 Å². The Morgan fingerprint density at radius 2 is 2.22 bits per heavy atom. The molecular weight excluding hydrogens is 239 g/mol. The van der Waals surface area contributed by atoms with E-state index in [1.54, 1.807) is 6.08 Å². The van der Waals surface area contributed by atoms with E-state index in [2.05, 4.69) is 11.9 Å². The van der Waals surface area contributed by atoms with Crippen LogP contribution in [0.1, 0.15) is 6.42 Å². The molecule has 0 atom stereocenters. The number of hydrogen-bond donors (Lipinski definition) is 1. The van der Waals surface area contributed by atoms with Gasteiger partial charge in [0.2, 0.25) is 0 Å². The Balaban J connectivity index is 2.42. The lowest BCUT2D eigenvalue weighted by Crippen LogP contribution is -2.10. The fourth-order valence-electron chi connectivity index (χ4n) is 1.32. The molecule has 1 rings (SSSR count). The summed E-state index contributed by atoms with van der Waals surface area (Å²) in [6.07, 6.45) is 2.52. The normalized spacial score (nSPS) is 10.1. The summed E-state index contributed by atoms with van der Waals surface area (Å²) in [6.45, 7) is 5.04. The smallest absolute Gasteiger partial charge is 0.274 e. The van der Waals surface area contributed by atoms with E-state index < -0.39 is 10.7 Å². The Morgan fingerprint density at radius 3 is 2.89 bits per heavy atom. The molecule has 0 saturated carbocycles. The third-order valence-corrected chi connectivity index (χ3v) is 2.14. The van der Waals surface area contributed by atoms with Gasteiger partial charge >= 0.3 is 0 Å². The molecule has 0 unspecified atom stereocenters. The highest BCUT2D eigenvalue weighted by Gasteiger charge is 2.09. The molecule has 1 aromatic carbocycles. The molecule has 0 saturated heterocycles. The van der Waals surface area contributed by atoms with E-state index in [0.717, 1.165) is 12.5 Å². The first kappa shape index (κ1) is 14.1. The predicted molar refractivity (Wildman–Crippen MR) is 67.2 cm³/mol. The standard InChI is InChI=1S/C12H15FN2O3/c1-2-3-5-18-6-4-14-11-7-10(13)8-12(9-11)15(16)17/h2,7-9,14H,1,3-6H2. The van der Waals surface area contributed by atoms with E-state index in [1.165, 1.54) is 12.1 Å². The maximum atomic E-state index is 13.1. The average Bonchev–Trinajstić information content (AvgIpc) is 2.33. The van der Waals surface area contributed by atoms with Gasteiger partial charge in [0.1, 0.15) is 5.82 Å². The van der Waals surface area contributed by atoms with Crippen molar-refractivity contribution in [2.24, 2.45) is 0 Å². The summed E-state index contributed by atoms with van der Waals surface area (Å²) in [6, 6.07) is 3.37. The van der Waals surface area contributed by atoms with Crippen LogP contribution in [-0.4, -0.2) is 24.7 Å². The molecule has 0 aliphatic rings. The fraction of sp³-hybridized carbons (Fsp3) is 0.333. The van der Waals surface area contributed by atoms with Crippen molar-refractivity contribution in [2.45, 2.75) is 6.42 Å². The van der Waals surface area contributed by atoms with Gasteiger partial charge < -0.3 is 10.1 Å². The minimum absolute atomic E-state index is 0.273. The first-order valence-electron chi connectivity index (χ1n) is 5.51. The molecule has 0 aliphatic carbocycles. The highest BCUT2D eigenvalue weighted by Crippen LogP contribution is 2.19. The zero-order valence-corrected chi connectivity index (χ0v) is 9.89. The Hall–Kier alpha value is -1.95.